The van der Waals surface area contributed by atoms with Crippen molar-refractivity contribution < 1.29 is 22.6 Å². The maximum atomic E-state index is 12.2. The van der Waals surface area contributed by atoms with E-state index in [-0.39, 0.29) is 11.4 Å². The molecule has 0 amide bonds. The summed E-state index contributed by atoms with van der Waals surface area (Å²) in [4.78, 5) is 0. The molecule has 0 aromatic heterocycles. The Hall–Kier alpha value is -1.59. The van der Waals surface area contributed by atoms with Crippen LogP contribution in [0.1, 0.15) is 6.92 Å². The molecule has 0 spiro atoms. The van der Waals surface area contributed by atoms with Gasteiger partial charge >= 0.3 is 6.18 Å². The third kappa shape index (κ3) is 2.95. The SMILES string of the molecule is COc1ccc(OC(C)C(F)(F)F)c(N)c1. The standard InChI is InChI=1S/C10H12F3NO2/c1-6(10(11,12)13)16-9-4-3-7(15-2)5-8(9)14/h3-6H,14H2,1-2H3. The monoisotopic (exact) mass is 235 g/mol. The summed E-state index contributed by atoms with van der Waals surface area (Å²) in [6, 6.07) is 4.23. The van der Waals surface area contributed by atoms with E-state index in [0.29, 0.717) is 5.75 Å². The van der Waals surface area contributed by atoms with Gasteiger partial charge in [0.1, 0.15) is 11.5 Å². The van der Waals surface area contributed by atoms with Crippen LogP contribution in [0.15, 0.2) is 18.2 Å². The second-order valence-electron chi connectivity index (χ2n) is 3.21. The van der Waals surface area contributed by atoms with E-state index in [1.165, 1.54) is 25.3 Å². The lowest BCUT2D eigenvalue weighted by atomic mass is 10.2. The Bertz CT molecular complexity index is 366. The maximum absolute atomic E-state index is 12.2. The summed E-state index contributed by atoms with van der Waals surface area (Å²) in [5, 5.41) is 0. The van der Waals surface area contributed by atoms with Crippen LogP contribution < -0.4 is 15.2 Å². The molecule has 1 rings (SSSR count). The predicted octanol–water partition coefficient (Wildman–Crippen LogP) is 2.61. The lowest BCUT2D eigenvalue weighted by Crippen LogP contribution is -2.31. The summed E-state index contributed by atoms with van der Waals surface area (Å²) >= 11 is 0. The smallest absolute Gasteiger partial charge is 0.425 e. The van der Waals surface area contributed by atoms with E-state index in [1.54, 1.807) is 0 Å². The number of nitrogens with two attached hydrogens (primary N) is 1. The van der Waals surface area contributed by atoms with Gasteiger partial charge < -0.3 is 15.2 Å². The minimum atomic E-state index is -4.41. The van der Waals surface area contributed by atoms with Crippen molar-refractivity contribution in [3.8, 4) is 11.5 Å². The van der Waals surface area contributed by atoms with Crippen LogP contribution in [-0.4, -0.2) is 19.4 Å². The van der Waals surface area contributed by atoms with Crippen molar-refractivity contribution in [1.29, 1.82) is 0 Å². The van der Waals surface area contributed by atoms with Crippen LogP contribution in [0.3, 0.4) is 0 Å². The molecular weight excluding hydrogens is 223 g/mol. The number of ether oxygens (including phenoxy) is 2. The van der Waals surface area contributed by atoms with Crippen LogP contribution in [0.25, 0.3) is 0 Å². The molecule has 1 aromatic rings. The zero-order valence-electron chi connectivity index (χ0n) is 8.84. The molecule has 0 saturated carbocycles. The lowest BCUT2D eigenvalue weighted by molar-refractivity contribution is -0.189. The van der Waals surface area contributed by atoms with Crippen molar-refractivity contribution in [2.24, 2.45) is 0 Å². The summed E-state index contributed by atoms with van der Waals surface area (Å²) in [6.07, 6.45) is -6.31. The first kappa shape index (κ1) is 12.5. The van der Waals surface area contributed by atoms with E-state index in [2.05, 4.69) is 0 Å². The number of alkyl halides is 3. The molecule has 0 heterocycles. The van der Waals surface area contributed by atoms with Crippen molar-refractivity contribution in [3.05, 3.63) is 18.2 Å². The second kappa shape index (κ2) is 4.51. The minimum absolute atomic E-state index is 0.00868. The quantitative estimate of drug-likeness (QED) is 0.819. The van der Waals surface area contributed by atoms with Crippen molar-refractivity contribution in [2.45, 2.75) is 19.2 Å². The largest absolute Gasteiger partial charge is 0.497 e. The summed E-state index contributed by atoms with van der Waals surface area (Å²) in [5.74, 6) is 0.454. The zero-order chi connectivity index (χ0) is 12.3. The average Bonchev–Trinajstić information content (AvgIpc) is 2.19. The van der Waals surface area contributed by atoms with Gasteiger partial charge in [0.05, 0.1) is 12.8 Å². The van der Waals surface area contributed by atoms with E-state index >= 15 is 0 Å². The predicted molar refractivity (Wildman–Crippen MR) is 53.6 cm³/mol. The van der Waals surface area contributed by atoms with Gasteiger partial charge in [-0.25, -0.2) is 0 Å². The van der Waals surface area contributed by atoms with E-state index < -0.39 is 12.3 Å². The molecule has 0 aliphatic carbocycles. The van der Waals surface area contributed by atoms with Crippen LogP contribution in [-0.2, 0) is 0 Å². The molecule has 0 radical (unpaired) electrons. The third-order valence-corrected chi connectivity index (χ3v) is 1.98. The molecule has 0 bridgehead atoms. The fourth-order valence-corrected chi connectivity index (χ4v) is 1.02. The van der Waals surface area contributed by atoms with Gasteiger partial charge in [-0.15, -0.1) is 0 Å². The van der Waals surface area contributed by atoms with Gasteiger partial charge in [0.15, 0.2) is 6.10 Å². The molecule has 0 aliphatic rings. The molecule has 16 heavy (non-hydrogen) atoms. The molecule has 1 aromatic carbocycles. The second-order valence-corrected chi connectivity index (χ2v) is 3.21. The highest BCUT2D eigenvalue weighted by molar-refractivity contribution is 5.56. The van der Waals surface area contributed by atoms with Gasteiger partial charge in [0, 0.05) is 6.07 Å². The highest BCUT2D eigenvalue weighted by Crippen LogP contribution is 2.30. The first-order chi connectivity index (χ1) is 7.34. The fraction of sp³-hybridized carbons (Fsp3) is 0.400. The van der Waals surface area contributed by atoms with Crippen LogP contribution in [0, 0.1) is 0 Å². The van der Waals surface area contributed by atoms with Crippen LogP contribution in [0.2, 0.25) is 0 Å². The normalized spacial score (nSPS) is 13.3. The molecule has 6 heteroatoms. The number of anilines is 1. The Morgan fingerprint density at radius 1 is 1.31 bits per heavy atom. The number of rotatable bonds is 3. The van der Waals surface area contributed by atoms with Gasteiger partial charge in [-0.2, -0.15) is 13.2 Å². The molecule has 0 fully saturated rings. The highest BCUT2D eigenvalue weighted by atomic mass is 19.4. The molecule has 0 aliphatic heterocycles. The van der Waals surface area contributed by atoms with Crippen molar-refractivity contribution in [2.75, 3.05) is 12.8 Å². The number of hydrogen-bond donors (Lipinski definition) is 1. The van der Waals surface area contributed by atoms with Gasteiger partial charge in [-0.05, 0) is 19.1 Å². The molecule has 3 nitrogen and oxygen atoms in total. The van der Waals surface area contributed by atoms with E-state index in [0.717, 1.165) is 6.92 Å². The van der Waals surface area contributed by atoms with Crippen molar-refractivity contribution >= 4 is 5.69 Å². The van der Waals surface area contributed by atoms with E-state index in [9.17, 15) is 13.2 Å². The Morgan fingerprint density at radius 3 is 2.38 bits per heavy atom. The molecule has 1 atom stereocenters. The highest BCUT2D eigenvalue weighted by Gasteiger charge is 2.38. The topological polar surface area (TPSA) is 44.5 Å². The van der Waals surface area contributed by atoms with Gasteiger partial charge in [-0.3, -0.25) is 0 Å². The van der Waals surface area contributed by atoms with E-state index in [4.69, 9.17) is 15.2 Å². The zero-order valence-corrected chi connectivity index (χ0v) is 8.84. The minimum Gasteiger partial charge on any atom is -0.497 e. The Balaban J connectivity index is 2.82. The lowest BCUT2D eigenvalue weighted by Gasteiger charge is -2.18. The summed E-state index contributed by atoms with van der Waals surface area (Å²) in [5.41, 5.74) is 5.62. The number of methoxy groups -OCH3 is 1. The summed E-state index contributed by atoms with van der Waals surface area (Å²) in [7, 11) is 1.44. The fourth-order valence-electron chi connectivity index (χ4n) is 1.02. The average molecular weight is 235 g/mol. The number of hydrogen-bond acceptors (Lipinski definition) is 3. The molecule has 2 N–H and O–H groups in total. The van der Waals surface area contributed by atoms with Gasteiger partial charge in [0.25, 0.3) is 0 Å². The Labute approximate surface area is 91.0 Å². The molecule has 90 valence electrons. The maximum Gasteiger partial charge on any atom is 0.425 e. The van der Waals surface area contributed by atoms with Crippen LogP contribution in [0.5, 0.6) is 11.5 Å². The first-order valence-corrected chi connectivity index (χ1v) is 4.51. The van der Waals surface area contributed by atoms with Crippen LogP contribution >= 0.6 is 0 Å². The van der Waals surface area contributed by atoms with E-state index in [1.807, 2.05) is 0 Å². The third-order valence-electron chi connectivity index (χ3n) is 1.98. The Kier molecular flexibility index (Phi) is 3.51. The molecular formula is C10H12F3NO2. The number of benzene rings is 1. The number of halogens is 3. The van der Waals surface area contributed by atoms with Crippen molar-refractivity contribution in [1.82, 2.24) is 0 Å². The number of nitrogen functional groups attached to an aromatic ring is 1. The summed E-state index contributed by atoms with van der Waals surface area (Å²) in [6.45, 7) is 0.920. The van der Waals surface area contributed by atoms with Crippen LogP contribution in [0.4, 0.5) is 18.9 Å². The molecule has 0 saturated heterocycles. The van der Waals surface area contributed by atoms with Crippen molar-refractivity contribution in [3.63, 3.8) is 0 Å². The van der Waals surface area contributed by atoms with Gasteiger partial charge in [0.2, 0.25) is 0 Å². The van der Waals surface area contributed by atoms with Gasteiger partial charge in [-0.1, -0.05) is 0 Å². The summed E-state index contributed by atoms with van der Waals surface area (Å²) < 4.78 is 46.2. The Morgan fingerprint density at radius 2 is 1.94 bits per heavy atom. The first-order valence-electron chi connectivity index (χ1n) is 4.51. The molecule has 1 unspecified atom stereocenters.